The van der Waals surface area contributed by atoms with E-state index in [4.69, 9.17) is 10.5 Å². The molecule has 7 nitrogen and oxygen atoms in total. The second-order valence-corrected chi connectivity index (χ2v) is 5.25. The highest BCUT2D eigenvalue weighted by Crippen LogP contribution is 2.28. The molecule has 1 heterocycles. The van der Waals surface area contributed by atoms with Crippen molar-refractivity contribution in [3.63, 3.8) is 0 Å². The number of benzene rings is 2. The fourth-order valence-electron chi connectivity index (χ4n) is 2.28. The zero-order valence-corrected chi connectivity index (χ0v) is 12.7. The number of carbonyl (C=O) groups is 3. The van der Waals surface area contributed by atoms with E-state index < -0.39 is 5.91 Å². The lowest BCUT2D eigenvalue weighted by molar-refractivity contribution is -0.116. The molecule has 2 aromatic carbocycles. The normalized spacial score (nSPS) is 13.1. The van der Waals surface area contributed by atoms with Crippen molar-refractivity contribution in [2.75, 3.05) is 17.2 Å². The molecule has 0 bridgehead atoms. The number of carbonyl (C=O) groups excluding carboxylic acids is 3. The third-order valence-corrected chi connectivity index (χ3v) is 3.53. The highest BCUT2D eigenvalue weighted by molar-refractivity contribution is 6.06. The van der Waals surface area contributed by atoms with Gasteiger partial charge in [-0.25, -0.2) is 0 Å². The smallest absolute Gasteiger partial charge is 0.255 e. The molecule has 0 spiro atoms. The van der Waals surface area contributed by atoms with Gasteiger partial charge in [-0.2, -0.15) is 0 Å². The van der Waals surface area contributed by atoms with Crippen molar-refractivity contribution in [1.82, 2.24) is 0 Å². The molecule has 1 aliphatic heterocycles. The average molecular weight is 325 g/mol. The summed E-state index contributed by atoms with van der Waals surface area (Å²) in [6.45, 7) is 0.302. The van der Waals surface area contributed by atoms with Crippen LogP contribution in [0.25, 0.3) is 0 Å². The lowest BCUT2D eigenvalue weighted by atomic mass is 10.1. The number of rotatable bonds is 3. The Morgan fingerprint density at radius 1 is 1.08 bits per heavy atom. The van der Waals surface area contributed by atoms with E-state index in [-0.39, 0.29) is 18.2 Å². The molecule has 7 heteroatoms. The Labute approximate surface area is 137 Å². The first kappa shape index (κ1) is 15.5. The van der Waals surface area contributed by atoms with Crippen LogP contribution in [-0.2, 0) is 4.79 Å². The molecule has 2 aromatic rings. The largest absolute Gasteiger partial charge is 0.491 e. The first-order valence-corrected chi connectivity index (χ1v) is 7.31. The molecule has 0 unspecified atom stereocenters. The maximum atomic E-state index is 12.3. The summed E-state index contributed by atoms with van der Waals surface area (Å²) in [7, 11) is 0. The van der Waals surface area contributed by atoms with Gasteiger partial charge < -0.3 is 21.1 Å². The van der Waals surface area contributed by atoms with Gasteiger partial charge in [-0.15, -0.1) is 0 Å². The van der Waals surface area contributed by atoms with Gasteiger partial charge in [-0.05, 0) is 42.5 Å². The maximum absolute atomic E-state index is 12.3. The molecule has 3 amide bonds. The number of anilines is 2. The standard InChI is InChI=1S/C17H15N3O4/c18-16(22)10-1-4-12(5-2-10)19-17(23)11-3-6-14-13(9-11)20-15(21)7-8-24-14/h1-6,9H,7-8H2,(H2,18,22)(H,19,23)(H,20,21). The van der Waals surface area contributed by atoms with Crippen molar-refractivity contribution < 1.29 is 19.1 Å². The summed E-state index contributed by atoms with van der Waals surface area (Å²) in [4.78, 5) is 34.9. The number of primary amides is 1. The molecular formula is C17H15N3O4. The van der Waals surface area contributed by atoms with Crippen LogP contribution in [0, 0.1) is 0 Å². The van der Waals surface area contributed by atoms with E-state index >= 15 is 0 Å². The molecule has 0 aliphatic carbocycles. The van der Waals surface area contributed by atoms with Crippen LogP contribution in [0.5, 0.6) is 5.75 Å². The second kappa shape index (κ2) is 6.41. The molecule has 24 heavy (non-hydrogen) atoms. The molecule has 0 aromatic heterocycles. The molecule has 122 valence electrons. The van der Waals surface area contributed by atoms with Crippen LogP contribution in [-0.4, -0.2) is 24.3 Å². The fraction of sp³-hybridized carbons (Fsp3) is 0.118. The Balaban J connectivity index is 1.77. The van der Waals surface area contributed by atoms with Crippen molar-refractivity contribution in [2.24, 2.45) is 5.73 Å². The van der Waals surface area contributed by atoms with E-state index in [1.54, 1.807) is 30.3 Å². The summed E-state index contributed by atoms with van der Waals surface area (Å²) in [6, 6.07) is 11.1. The van der Waals surface area contributed by atoms with Crippen molar-refractivity contribution in [3.05, 3.63) is 53.6 Å². The highest BCUT2D eigenvalue weighted by atomic mass is 16.5. The zero-order chi connectivity index (χ0) is 17.1. The summed E-state index contributed by atoms with van der Waals surface area (Å²) >= 11 is 0. The summed E-state index contributed by atoms with van der Waals surface area (Å²) in [5.41, 5.74) is 6.90. The molecule has 0 atom stereocenters. The van der Waals surface area contributed by atoms with Gasteiger partial charge in [0.1, 0.15) is 5.75 Å². The van der Waals surface area contributed by atoms with Gasteiger partial charge in [0.25, 0.3) is 5.91 Å². The number of ether oxygens (including phenoxy) is 1. The minimum absolute atomic E-state index is 0.159. The van der Waals surface area contributed by atoms with Crippen molar-refractivity contribution in [3.8, 4) is 5.75 Å². The van der Waals surface area contributed by atoms with E-state index in [1.807, 2.05) is 0 Å². The Bertz CT molecular complexity index is 815. The van der Waals surface area contributed by atoms with E-state index in [9.17, 15) is 14.4 Å². The van der Waals surface area contributed by atoms with Crippen LogP contribution >= 0.6 is 0 Å². The van der Waals surface area contributed by atoms with Gasteiger partial charge in [0.05, 0.1) is 18.7 Å². The van der Waals surface area contributed by atoms with Gasteiger partial charge in [0, 0.05) is 16.8 Å². The fourth-order valence-corrected chi connectivity index (χ4v) is 2.28. The van der Waals surface area contributed by atoms with Crippen LogP contribution in [0.15, 0.2) is 42.5 Å². The predicted octanol–water partition coefficient (Wildman–Crippen LogP) is 1.76. The van der Waals surface area contributed by atoms with Gasteiger partial charge in [0.2, 0.25) is 11.8 Å². The van der Waals surface area contributed by atoms with Crippen LogP contribution in [0.1, 0.15) is 27.1 Å². The predicted molar refractivity (Wildman–Crippen MR) is 88.1 cm³/mol. The van der Waals surface area contributed by atoms with Crippen LogP contribution in [0.2, 0.25) is 0 Å². The van der Waals surface area contributed by atoms with Crippen LogP contribution in [0.3, 0.4) is 0 Å². The molecule has 0 fully saturated rings. The lowest BCUT2D eigenvalue weighted by Gasteiger charge is -2.10. The third-order valence-electron chi connectivity index (χ3n) is 3.53. The summed E-state index contributed by atoms with van der Waals surface area (Å²) in [5, 5.41) is 5.42. The molecule has 4 N–H and O–H groups in total. The number of nitrogens with one attached hydrogen (secondary N) is 2. The highest BCUT2D eigenvalue weighted by Gasteiger charge is 2.16. The van der Waals surface area contributed by atoms with Crippen molar-refractivity contribution in [2.45, 2.75) is 6.42 Å². The maximum Gasteiger partial charge on any atom is 0.255 e. The van der Waals surface area contributed by atoms with Gasteiger partial charge in [-0.1, -0.05) is 0 Å². The van der Waals surface area contributed by atoms with Crippen LogP contribution < -0.4 is 21.1 Å². The topological polar surface area (TPSA) is 111 Å². The second-order valence-electron chi connectivity index (χ2n) is 5.25. The number of hydrogen-bond acceptors (Lipinski definition) is 4. The minimum Gasteiger partial charge on any atom is -0.491 e. The van der Waals surface area contributed by atoms with E-state index in [0.29, 0.717) is 34.9 Å². The minimum atomic E-state index is -0.533. The average Bonchev–Trinajstić information content (AvgIpc) is 2.75. The number of amides is 3. The Morgan fingerprint density at radius 3 is 2.50 bits per heavy atom. The number of fused-ring (bicyclic) bond motifs is 1. The summed E-state index contributed by atoms with van der Waals surface area (Å²) in [6.07, 6.45) is 0.266. The molecule has 1 aliphatic rings. The van der Waals surface area contributed by atoms with Gasteiger partial charge >= 0.3 is 0 Å². The molecule has 0 saturated heterocycles. The quantitative estimate of drug-likeness (QED) is 0.798. The zero-order valence-electron chi connectivity index (χ0n) is 12.7. The SMILES string of the molecule is NC(=O)c1ccc(NC(=O)c2ccc3c(c2)NC(=O)CCO3)cc1. The van der Waals surface area contributed by atoms with Crippen molar-refractivity contribution >= 4 is 29.1 Å². The van der Waals surface area contributed by atoms with Gasteiger partial charge in [0.15, 0.2) is 0 Å². The first-order chi connectivity index (χ1) is 11.5. The third kappa shape index (κ3) is 3.35. The Kier molecular flexibility index (Phi) is 4.15. The van der Waals surface area contributed by atoms with E-state index in [1.165, 1.54) is 12.1 Å². The monoisotopic (exact) mass is 325 g/mol. The lowest BCUT2D eigenvalue weighted by Crippen LogP contribution is -2.14. The molecular weight excluding hydrogens is 310 g/mol. The summed E-state index contributed by atoms with van der Waals surface area (Å²) < 4.78 is 5.45. The van der Waals surface area contributed by atoms with E-state index in [0.717, 1.165) is 0 Å². The first-order valence-electron chi connectivity index (χ1n) is 7.31. The van der Waals surface area contributed by atoms with E-state index in [2.05, 4.69) is 10.6 Å². The number of nitrogens with two attached hydrogens (primary N) is 1. The molecule has 0 saturated carbocycles. The Hall–Kier alpha value is -3.35. The van der Waals surface area contributed by atoms with Gasteiger partial charge in [-0.3, -0.25) is 14.4 Å². The molecule has 3 rings (SSSR count). The summed E-state index contributed by atoms with van der Waals surface area (Å²) in [5.74, 6) is -0.506. The molecule has 0 radical (unpaired) electrons. The van der Waals surface area contributed by atoms with Crippen LogP contribution in [0.4, 0.5) is 11.4 Å². The van der Waals surface area contributed by atoms with Crippen molar-refractivity contribution in [1.29, 1.82) is 0 Å². The number of hydrogen-bond donors (Lipinski definition) is 3. The Morgan fingerprint density at radius 2 is 1.79 bits per heavy atom.